The Labute approximate surface area is 116 Å². The number of nitrogens with two attached hydrogens (primary N) is 1. The van der Waals surface area contributed by atoms with Crippen molar-refractivity contribution in [2.24, 2.45) is 5.92 Å². The van der Waals surface area contributed by atoms with Crippen LogP contribution in [-0.4, -0.2) is 41.6 Å². The molecule has 0 radical (unpaired) electrons. The lowest BCUT2D eigenvalue weighted by Crippen LogP contribution is -2.19. The number of nitrogen functional groups attached to an aromatic ring is 1. The molecule has 1 aromatic rings. The summed E-state index contributed by atoms with van der Waals surface area (Å²) in [6.45, 7) is 1.46. The Bertz CT molecular complexity index is 633. The van der Waals surface area contributed by atoms with Gasteiger partial charge < -0.3 is 16.2 Å². The first-order chi connectivity index (χ1) is 9.20. The largest absolute Gasteiger partial charge is 0.480 e. The Balaban J connectivity index is 2.39. The number of nitrogens with one attached hydrogen (secondary N) is 1. The van der Waals surface area contributed by atoms with Gasteiger partial charge in [0.25, 0.3) is 0 Å². The smallest absolute Gasteiger partial charge is 0.325 e. The number of hydrogen-bond acceptors (Lipinski definition) is 6. The summed E-state index contributed by atoms with van der Waals surface area (Å²) in [7, 11) is -3.59. The van der Waals surface area contributed by atoms with Crippen LogP contribution in [0.5, 0.6) is 0 Å². The van der Waals surface area contributed by atoms with Crippen molar-refractivity contribution in [3.05, 3.63) is 0 Å². The van der Waals surface area contributed by atoms with Crippen LogP contribution in [0.15, 0.2) is 4.90 Å². The Morgan fingerprint density at radius 2 is 2.20 bits per heavy atom. The van der Waals surface area contributed by atoms with Gasteiger partial charge in [0.2, 0.25) is 0 Å². The van der Waals surface area contributed by atoms with Gasteiger partial charge in [-0.05, 0) is 25.7 Å². The van der Waals surface area contributed by atoms with Crippen LogP contribution in [0.2, 0.25) is 0 Å². The highest BCUT2D eigenvalue weighted by molar-refractivity contribution is 7.91. The lowest BCUT2D eigenvalue weighted by atomic mass is 10.2. The second kappa shape index (κ2) is 4.97. The van der Waals surface area contributed by atoms with Crippen molar-refractivity contribution in [3.8, 4) is 0 Å². The van der Waals surface area contributed by atoms with Crippen molar-refractivity contribution in [2.75, 3.05) is 17.3 Å². The van der Waals surface area contributed by atoms with Gasteiger partial charge in [0, 0.05) is 12.3 Å². The van der Waals surface area contributed by atoms with Crippen LogP contribution in [0.1, 0.15) is 19.8 Å². The summed E-state index contributed by atoms with van der Waals surface area (Å²) in [6, 6.07) is 0.0723. The molecule has 8 nitrogen and oxygen atoms in total. The number of rotatable bonds is 6. The van der Waals surface area contributed by atoms with Crippen LogP contribution in [0.25, 0.3) is 0 Å². The van der Waals surface area contributed by atoms with Crippen LogP contribution in [0.3, 0.4) is 0 Å². The summed E-state index contributed by atoms with van der Waals surface area (Å²) in [5.41, 5.74) is 5.72. The molecule has 1 unspecified atom stereocenters. The molecule has 0 amide bonds. The molecule has 112 valence electrons. The first kappa shape index (κ1) is 14.6. The van der Waals surface area contributed by atoms with E-state index in [-0.39, 0.29) is 22.6 Å². The summed E-state index contributed by atoms with van der Waals surface area (Å²) in [6.07, 6.45) is 3.21. The van der Waals surface area contributed by atoms with E-state index in [0.29, 0.717) is 5.92 Å². The van der Waals surface area contributed by atoms with E-state index < -0.39 is 22.4 Å². The Morgan fingerprint density at radius 3 is 2.65 bits per heavy atom. The standard InChI is InChI=1S/C11H18N4O4S/c1-6(7-3-4-7)13-11-9(20(2,18)19)10(12)15(14-11)5-8(16)17/h6-7H,3-5,12H2,1-2H3,(H,13,14)(H,16,17). The lowest BCUT2D eigenvalue weighted by Gasteiger charge is -2.12. The molecule has 1 heterocycles. The molecular formula is C11H18N4O4S. The molecule has 2 rings (SSSR count). The average molecular weight is 302 g/mol. The number of nitrogens with zero attached hydrogens (tertiary/aromatic N) is 2. The van der Waals surface area contributed by atoms with Gasteiger partial charge in [-0.1, -0.05) is 0 Å². The van der Waals surface area contributed by atoms with Crippen molar-refractivity contribution in [2.45, 2.75) is 37.2 Å². The monoisotopic (exact) mass is 302 g/mol. The van der Waals surface area contributed by atoms with E-state index in [1.54, 1.807) is 0 Å². The highest BCUT2D eigenvalue weighted by Crippen LogP contribution is 2.35. The van der Waals surface area contributed by atoms with Crippen molar-refractivity contribution in [1.82, 2.24) is 9.78 Å². The predicted octanol–water partition coefficient (Wildman–Crippen LogP) is 0.164. The fourth-order valence-electron chi connectivity index (χ4n) is 2.10. The van der Waals surface area contributed by atoms with Gasteiger partial charge in [-0.25, -0.2) is 13.1 Å². The number of hydrogen-bond donors (Lipinski definition) is 3. The maximum absolute atomic E-state index is 11.8. The van der Waals surface area contributed by atoms with E-state index in [0.717, 1.165) is 23.8 Å². The van der Waals surface area contributed by atoms with Crippen LogP contribution in [0, 0.1) is 5.92 Å². The molecule has 0 bridgehead atoms. The van der Waals surface area contributed by atoms with Crippen LogP contribution >= 0.6 is 0 Å². The number of carboxylic acids is 1. The minimum absolute atomic E-state index is 0.0723. The third-order valence-electron chi connectivity index (χ3n) is 3.30. The molecule has 0 aromatic carbocycles. The van der Waals surface area contributed by atoms with E-state index in [1.807, 2.05) is 6.92 Å². The van der Waals surface area contributed by atoms with Gasteiger partial charge in [-0.3, -0.25) is 4.79 Å². The fourth-order valence-corrected chi connectivity index (χ4v) is 3.03. The van der Waals surface area contributed by atoms with Gasteiger partial charge in [0.1, 0.15) is 12.4 Å². The number of sulfone groups is 1. The van der Waals surface area contributed by atoms with Crippen molar-refractivity contribution in [3.63, 3.8) is 0 Å². The molecule has 1 aliphatic carbocycles. The minimum atomic E-state index is -3.59. The van der Waals surface area contributed by atoms with Crippen molar-refractivity contribution >= 4 is 27.4 Å². The molecule has 1 fully saturated rings. The highest BCUT2D eigenvalue weighted by Gasteiger charge is 2.31. The molecular weight excluding hydrogens is 284 g/mol. The molecule has 0 aliphatic heterocycles. The van der Waals surface area contributed by atoms with Crippen LogP contribution < -0.4 is 11.1 Å². The summed E-state index contributed by atoms with van der Waals surface area (Å²) >= 11 is 0. The lowest BCUT2D eigenvalue weighted by molar-refractivity contribution is -0.137. The predicted molar refractivity (Wildman–Crippen MR) is 73.2 cm³/mol. The average Bonchev–Trinajstić information content (AvgIpc) is 3.04. The first-order valence-corrected chi connectivity index (χ1v) is 8.14. The maximum atomic E-state index is 11.8. The zero-order chi connectivity index (χ0) is 15.1. The van der Waals surface area contributed by atoms with Gasteiger partial charge in [-0.2, -0.15) is 5.10 Å². The Kier molecular flexibility index (Phi) is 3.63. The van der Waals surface area contributed by atoms with E-state index >= 15 is 0 Å². The number of carboxylic acid groups (broad SMARTS) is 1. The second-order valence-corrected chi connectivity index (χ2v) is 7.11. The number of carbonyl (C=O) groups is 1. The molecule has 0 saturated heterocycles. The molecule has 1 atom stereocenters. The second-order valence-electron chi connectivity index (χ2n) is 5.16. The number of anilines is 2. The SMILES string of the molecule is CC(Nc1nn(CC(=O)O)c(N)c1S(C)(=O)=O)C1CC1. The summed E-state index contributed by atoms with van der Waals surface area (Å²) in [4.78, 5) is 10.6. The summed E-state index contributed by atoms with van der Waals surface area (Å²) < 4.78 is 24.6. The summed E-state index contributed by atoms with van der Waals surface area (Å²) in [5, 5.41) is 15.8. The molecule has 1 aliphatic rings. The zero-order valence-electron chi connectivity index (χ0n) is 11.3. The van der Waals surface area contributed by atoms with Crippen LogP contribution in [-0.2, 0) is 21.2 Å². The first-order valence-electron chi connectivity index (χ1n) is 6.24. The van der Waals surface area contributed by atoms with Crippen LogP contribution in [0.4, 0.5) is 11.6 Å². The third-order valence-corrected chi connectivity index (χ3v) is 4.44. The molecule has 4 N–H and O–H groups in total. The maximum Gasteiger partial charge on any atom is 0.325 e. The highest BCUT2D eigenvalue weighted by atomic mass is 32.2. The van der Waals surface area contributed by atoms with E-state index in [9.17, 15) is 13.2 Å². The molecule has 1 saturated carbocycles. The minimum Gasteiger partial charge on any atom is -0.480 e. The van der Waals surface area contributed by atoms with Gasteiger partial charge in [0.05, 0.1) is 0 Å². The van der Waals surface area contributed by atoms with Crippen molar-refractivity contribution < 1.29 is 18.3 Å². The molecule has 0 spiro atoms. The number of aliphatic carboxylic acids is 1. The molecule has 20 heavy (non-hydrogen) atoms. The Hall–Kier alpha value is -1.77. The molecule has 1 aromatic heterocycles. The fraction of sp³-hybridized carbons (Fsp3) is 0.636. The Morgan fingerprint density at radius 1 is 1.60 bits per heavy atom. The van der Waals surface area contributed by atoms with Crippen molar-refractivity contribution in [1.29, 1.82) is 0 Å². The van der Waals surface area contributed by atoms with Gasteiger partial charge in [-0.15, -0.1) is 0 Å². The van der Waals surface area contributed by atoms with E-state index in [4.69, 9.17) is 10.8 Å². The van der Waals surface area contributed by atoms with E-state index in [1.165, 1.54) is 0 Å². The molecule has 9 heteroatoms. The zero-order valence-corrected chi connectivity index (χ0v) is 12.1. The third kappa shape index (κ3) is 3.03. The normalized spacial score (nSPS) is 16.9. The number of aromatic nitrogens is 2. The summed E-state index contributed by atoms with van der Waals surface area (Å²) in [5.74, 6) is -0.666. The van der Waals surface area contributed by atoms with Gasteiger partial charge >= 0.3 is 5.97 Å². The topological polar surface area (TPSA) is 127 Å². The quantitative estimate of drug-likeness (QED) is 0.683. The van der Waals surface area contributed by atoms with Gasteiger partial charge in [0.15, 0.2) is 20.6 Å². The van der Waals surface area contributed by atoms with E-state index in [2.05, 4.69) is 10.4 Å².